The largest absolute Gasteiger partial charge is 0.497 e. The lowest BCUT2D eigenvalue weighted by Crippen LogP contribution is -2.34. The molecule has 0 radical (unpaired) electrons. The van der Waals surface area contributed by atoms with Crippen LogP contribution in [0.25, 0.3) is 11.5 Å². The summed E-state index contributed by atoms with van der Waals surface area (Å²) >= 11 is 0. The molecule has 3 N–H and O–H groups in total. The molecule has 1 saturated carbocycles. The molecule has 0 atom stereocenters. The predicted molar refractivity (Wildman–Crippen MR) is 100 cm³/mol. The van der Waals surface area contributed by atoms with Gasteiger partial charge in [-0.15, -0.1) is 0 Å². The van der Waals surface area contributed by atoms with Crippen molar-refractivity contribution in [3.05, 3.63) is 54.4 Å². The zero-order valence-electron chi connectivity index (χ0n) is 14.7. The Labute approximate surface area is 152 Å². The fraction of sp³-hybridized carbons (Fsp3) is 0.300. The smallest absolute Gasteiger partial charge is 0.260 e. The van der Waals surface area contributed by atoms with Gasteiger partial charge in [-0.1, -0.05) is 36.2 Å². The van der Waals surface area contributed by atoms with Crippen molar-refractivity contribution in [1.82, 2.24) is 10.1 Å². The van der Waals surface area contributed by atoms with Crippen LogP contribution in [0.1, 0.15) is 31.5 Å². The number of aromatic nitrogens is 2. The number of benzene rings is 2. The van der Waals surface area contributed by atoms with Gasteiger partial charge in [0.1, 0.15) is 5.75 Å². The van der Waals surface area contributed by atoms with Gasteiger partial charge in [0.25, 0.3) is 5.89 Å². The van der Waals surface area contributed by atoms with Gasteiger partial charge < -0.3 is 20.3 Å². The van der Waals surface area contributed by atoms with Crippen molar-refractivity contribution in [3.63, 3.8) is 0 Å². The number of nitrogens with two attached hydrogens (primary N) is 1. The molecule has 1 aliphatic rings. The summed E-state index contributed by atoms with van der Waals surface area (Å²) in [5.74, 6) is 1.86. The van der Waals surface area contributed by atoms with E-state index < -0.39 is 5.54 Å². The maximum absolute atomic E-state index is 6.45. The first kappa shape index (κ1) is 16.6. The van der Waals surface area contributed by atoms with E-state index in [2.05, 4.69) is 15.5 Å². The Balaban J connectivity index is 1.65. The van der Waals surface area contributed by atoms with Crippen LogP contribution in [0.5, 0.6) is 5.75 Å². The van der Waals surface area contributed by atoms with E-state index in [4.69, 9.17) is 15.0 Å². The number of hydrogen-bond acceptors (Lipinski definition) is 6. The molecule has 1 aliphatic carbocycles. The van der Waals surface area contributed by atoms with E-state index in [0.717, 1.165) is 48.4 Å². The zero-order chi connectivity index (χ0) is 18.0. The Hall–Kier alpha value is -2.86. The van der Waals surface area contributed by atoms with Crippen LogP contribution >= 0.6 is 0 Å². The minimum absolute atomic E-state index is 0.461. The topological polar surface area (TPSA) is 86.2 Å². The molecule has 134 valence electrons. The normalized spacial score (nSPS) is 15.8. The lowest BCUT2D eigenvalue weighted by atomic mass is 9.98. The molecule has 4 rings (SSSR count). The van der Waals surface area contributed by atoms with Gasteiger partial charge in [0, 0.05) is 11.8 Å². The van der Waals surface area contributed by atoms with Gasteiger partial charge in [-0.05, 0) is 37.1 Å². The minimum Gasteiger partial charge on any atom is -0.497 e. The van der Waals surface area contributed by atoms with Crippen LogP contribution in [0, 0.1) is 0 Å². The van der Waals surface area contributed by atoms with Gasteiger partial charge >= 0.3 is 0 Å². The van der Waals surface area contributed by atoms with Crippen LogP contribution in [-0.2, 0) is 5.54 Å². The van der Waals surface area contributed by atoms with Crippen molar-refractivity contribution >= 4 is 11.4 Å². The molecule has 0 amide bonds. The molecule has 0 bridgehead atoms. The Morgan fingerprint density at radius 2 is 1.92 bits per heavy atom. The number of hydrogen-bond donors (Lipinski definition) is 2. The summed E-state index contributed by atoms with van der Waals surface area (Å²) in [6, 6.07) is 15.6. The van der Waals surface area contributed by atoms with E-state index in [9.17, 15) is 0 Å². The number of nitrogens with zero attached hydrogens (tertiary/aromatic N) is 2. The van der Waals surface area contributed by atoms with Crippen molar-refractivity contribution in [2.75, 3.05) is 12.4 Å². The number of methoxy groups -OCH3 is 1. The second kappa shape index (κ2) is 6.80. The number of nitrogens with one attached hydrogen (secondary N) is 1. The van der Waals surface area contributed by atoms with Crippen LogP contribution < -0.4 is 15.8 Å². The van der Waals surface area contributed by atoms with Gasteiger partial charge in [-0.25, -0.2) is 0 Å². The fourth-order valence-corrected chi connectivity index (χ4v) is 3.40. The summed E-state index contributed by atoms with van der Waals surface area (Å²) in [4.78, 5) is 4.60. The van der Waals surface area contributed by atoms with Crippen molar-refractivity contribution in [1.29, 1.82) is 0 Å². The summed E-state index contributed by atoms with van der Waals surface area (Å²) < 4.78 is 10.8. The van der Waals surface area contributed by atoms with E-state index in [1.54, 1.807) is 7.11 Å². The molecule has 6 heteroatoms. The molecule has 0 spiro atoms. The predicted octanol–water partition coefficient (Wildman–Crippen LogP) is 4.22. The highest BCUT2D eigenvalue weighted by molar-refractivity contribution is 5.77. The van der Waals surface area contributed by atoms with Crippen molar-refractivity contribution < 1.29 is 9.26 Å². The lowest BCUT2D eigenvalue weighted by molar-refractivity contribution is 0.372. The molecule has 0 saturated heterocycles. The molecule has 1 aromatic heterocycles. The quantitative estimate of drug-likeness (QED) is 0.716. The fourth-order valence-electron chi connectivity index (χ4n) is 3.40. The van der Waals surface area contributed by atoms with E-state index in [0.29, 0.717) is 11.7 Å². The minimum atomic E-state index is -0.461. The maximum atomic E-state index is 6.45. The second-order valence-corrected chi connectivity index (χ2v) is 6.69. The average Bonchev–Trinajstić information content (AvgIpc) is 3.33. The van der Waals surface area contributed by atoms with E-state index >= 15 is 0 Å². The molecule has 3 aromatic rings. The Morgan fingerprint density at radius 3 is 2.73 bits per heavy atom. The van der Waals surface area contributed by atoms with Gasteiger partial charge in [-0.2, -0.15) is 4.98 Å². The lowest BCUT2D eigenvalue weighted by Gasteiger charge is -2.17. The summed E-state index contributed by atoms with van der Waals surface area (Å²) in [7, 11) is 1.65. The van der Waals surface area contributed by atoms with Crippen LogP contribution in [0.15, 0.2) is 53.1 Å². The first-order valence-electron chi connectivity index (χ1n) is 8.81. The number of rotatable bonds is 5. The maximum Gasteiger partial charge on any atom is 0.260 e. The molecule has 1 fully saturated rings. The van der Waals surface area contributed by atoms with E-state index in [-0.39, 0.29) is 0 Å². The number of anilines is 2. The van der Waals surface area contributed by atoms with Gasteiger partial charge in [0.05, 0.1) is 23.9 Å². The van der Waals surface area contributed by atoms with Crippen molar-refractivity contribution in [2.24, 2.45) is 5.73 Å². The highest BCUT2D eigenvalue weighted by Crippen LogP contribution is 2.36. The highest BCUT2D eigenvalue weighted by Gasteiger charge is 2.36. The highest BCUT2D eigenvalue weighted by atomic mass is 16.5. The summed E-state index contributed by atoms with van der Waals surface area (Å²) in [6.07, 6.45) is 4.01. The summed E-state index contributed by atoms with van der Waals surface area (Å²) in [6.45, 7) is 0. The van der Waals surface area contributed by atoms with Crippen LogP contribution in [0.4, 0.5) is 11.4 Å². The van der Waals surface area contributed by atoms with E-state index in [1.807, 2.05) is 48.5 Å². The van der Waals surface area contributed by atoms with Crippen LogP contribution in [-0.4, -0.2) is 17.3 Å². The Morgan fingerprint density at radius 1 is 1.12 bits per heavy atom. The monoisotopic (exact) mass is 350 g/mol. The molecule has 2 aromatic carbocycles. The molecular weight excluding hydrogens is 328 g/mol. The third-order valence-electron chi connectivity index (χ3n) is 4.87. The van der Waals surface area contributed by atoms with Gasteiger partial charge in [0.15, 0.2) is 5.82 Å². The van der Waals surface area contributed by atoms with Crippen molar-refractivity contribution in [3.8, 4) is 17.2 Å². The standard InChI is InChI=1S/C20H22N4O2/c1-25-15-8-6-7-14(13-15)22-17-10-3-2-9-16(17)18-23-19(24-26-18)20(21)11-4-5-12-20/h2-3,6-10,13,22H,4-5,11-12,21H2,1H3. The molecular formula is C20H22N4O2. The van der Waals surface area contributed by atoms with Crippen LogP contribution in [0.3, 0.4) is 0 Å². The number of para-hydroxylation sites is 1. The third kappa shape index (κ3) is 3.15. The molecule has 26 heavy (non-hydrogen) atoms. The first-order chi connectivity index (χ1) is 12.7. The van der Waals surface area contributed by atoms with Gasteiger partial charge in [-0.3, -0.25) is 0 Å². The molecule has 1 heterocycles. The Bertz CT molecular complexity index is 900. The third-order valence-corrected chi connectivity index (χ3v) is 4.87. The zero-order valence-corrected chi connectivity index (χ0v) is 14.7. The summed E-state index contributed by atoms with van der Waals surface area (Å²) in [5, 5.41) is 7.56. The molecule has 0 unspecified atom stereocenters. The molecule has 6 nitrogen and oxygen atoms in total. The number of ether oxygens (including phenoxy) is 1. The Kier molecular flexibility index (Phi) is 4.34. The van der Waals surface area contributed by atoms with Crippen molar-refractivity contribution in [2.45, 2.75) is 31.2 Å². The second-order valence-electron chi connectivity index (χ2n) is 6.69. The van der Waals surface area contributed by atoms with Gasteiger partial charge in [0.2, 0.25) is 0 Å². The SMILES string of the molecule is COc1cccc(Nc2ccccc2-c2nc(C3(N)CCCC3)no2)c1. The van der Waals surface area contributed by atoms with Crippen LogP contribution in [0.2, 0.25) is 0 Å². The van der Waals surface area contributed by atoms with E-state index in [1.165, 1.54) is 0 Å². The average molecular weight is 350 g/mol. The summed E-state index contributed by atoms with van der Waals surface area (Å²) in [5.41, 5.74) is 8.63. The first-order valence-corrected chi connectivity index (χ1v) is 8.81. The molecule has 0 aliphatic heterocycles.